The highest BCUT2D eigenvalue weighted by atomic mass is 32.2. The third kappa shape index (κ3) is 5.51. The zero-order chi connectivity index (χ0) is 20.6. The zero-order valence-corrected chi connectivity index (χ0v) is 17.4. The third-order valence-corrected chi connectivity index (χ3v) is 5.34. The Kier molecular flexibility index (Phi) is 7.13. The van der Waals surface area contributed by atoms with Crippen LogP contribution in [0.2, 0.25) is 0 Å². The molecule has 0 radical (unpaired) electrons. The number of amides is 1. The molecule has 8 heteroatoms. The van der Waals surface area contributed by atoms with Crippen molar-refractivity contribution in [3.63, 3.8) is 0 Å². The molecule has 29 heavy (non-hydrogen) atoms. The van der Waals surface area contributed by atoms with Crippen molar-refractivity contribution in [1.29, 1.82) is 0 Å². The van der Waals surface area contributed by atoms with Crippen molar-refractivity contribution in [3.05, 3.63) is 60.2 Å². The lowest BCUT2D eigenvalue weighted by molar-refractivity contribution is -0.118. The Bertz CT molecular complexity index is 928. The first-order chi connectivity index (χ1) is 14.1. The Morgan fingerprint density at radius 1 is 1.17 bits per heavy atom. The third-order valence-electron chi connectivity index (χ3n) is 4.39. The molecule has 1 heterocycles. The summed E-state index contributed by atoms with van der Waals surface area (Å²) in [5.74, 6) is 7.85. The molecule has 3 rings (SSSR count). The molecule has 7 nitrogen and oxygen atoms in total. The number of nitrogens with zero attached hydrogens (tertiary/aromatic N) is 3. The van der Waals surface area contributed by atoms with Gasteiger partial charge in [-0.25, -0.2) is 4.68 Å². The van der Waals surface area contributed by atoms with Crippen LogP contribution in [0.5, 0.6) is 5.75 Å². The van der Waals surface area contributed by atoms with E-state index in [4.69, 9.17) is 10.6 Å². The van der Waals surface area contributed by atoms with Gasteiger partial charge in [0.2, 0.25) is 11.1 Å². The van der Waals surface area contributed by atoms with Gasteiger partial charge in [-0.2, -0.15) is 0 Å². The Hall–Kier alpha value is -3.00. The molecule has 1 atom stereocenters. The lowest BCUT2D eigenvalue weighted by Gasteiger charge is -2.12. The van der Waals surface area contributed by atoms with Gasteiger partial charge in [-0.1, -0.05) is 49.0 Å². The van der Waals surface area contributed by atoms with E-state index in [2.05, 4.69) is 34.6 Å². The number of thioether (sulfide) groups is 1. The van der Waals surface area contributed by atoms with Crippen LogP contribution in [0.4, 0.5) is 0 Å². The van der Waals surface area contributed by atoms with E-state index in [9.17, 15) is 4.79 Å². The van der Waals surface area contributed by atoms with Gasteiger partial charge in [-0.3, -0.25) is 4.79 Å². The summed E-state index contributed by atoms with van der Waals surface area (Å²) in [6.07, 6.45) is 0. The van der Waals surface area contributed by atoms with E-state index in [-0.39, 0.29) is 17.6 Å². The maximum atomic E-state index is 12.2. The van der Waals surface area contributed by atoms with Crippen LogP contribution < -0.4 is 15.9 Å². The number of carbonyl (C=O) groups excluding carboxylic acids is 1. The van der Waals surface area contributed by atoms with Crippen LogP contribution in [0.15, 0.2) is 59.8 Å². The maximum Gasteiger partial charge on any atom is 0.230 e. The molecular weight excluding hydrogens is 386 g/mol. The van der Waals surface area contributed by atoms with Gasteiger partial charge >= 0.3 is 0 Å². The summed E-state index contributed by atoms with van der Waals surface area (Å²) < 4.78 is 6.85. The molecule has 3 aromatic rings. The molecule has 0 saturated carbocycles. The van der Waals surface area contributed by atoms with Gasteiger partial charge in [-0.05, 0) is 42.7 Å². The summed E-state index contributed by atoms with van der Waals surface area (Å²) >= 11 is 1.26. The fourth-order valence-corrected chi connectivity index (χ4v) is 3.47. The second-order valence-electron chi connectivity index (χ2n) is 6.54. The van der Waals surface area contributed by atoms with Crippen LogP contribution in [0, 0.1) is 0 Å². The summed E-state index contributed by atoms with van der Waals surface area (Å²) in [7, 11) is 0. The van der Waals surface area contributed by atoms with Crippen molar-refractivity contribution >= 4 is 17.7 Å². The standard InChI is InChI=1S/C21H25N5O2S/c1-3-28-18-11-9-17(10-12-18)20-24-25-21(26(20)22)29-14-19(27)23-13-15(2)16-7-5-4-6-8-16/h4-12,15H,3,13-14,22H2,1-2H3,(H,23,27)/t15-/m1/s1. The first-order valence-corrected chi connectivity index (χ1v) is 10.4. The molecule has 0 bridgehead atoms. The van der Waals surface area contributed by atoms with Crippen molar-refractivity contribution in [2.45, 2.75) is 24.9 Å². The van der Waals surface area contributed by atoms with Gasteiger partial charge in [0.25, 0.3) is 0 Å². The van der Waals surface area contributed by atoms with Gasteiger partial charge in [-0.15, -0.1) is 10.2 Å². The molecule has 152 valence electrons. The number of benzene rings is 2. The van der Waals surface area contributed by atoms with E-state index < -0.39 is 0 Å². The summed E-state index contributed by atoms with van der Waals surface area (Å²) in [6, 6.07) is 17.6. The van der Waals surface area contributed by atoms with E-state index in [1.807, 2.05) is 49.4 Å². The fraction of sp³-hybridized carbons (Fsp3) is 0.286. The predicted octanol–water partition coefficient (Wildman–Crippen LogP) is 3.07. The van der Waals surface area contributed by atoms with E-state index in [1.165, 1.54) is 22.0 Å². The number of nitrogen functional groups attached to an aromatic ring is 1. The van der Waals surface area contributed by atoms with Crippen LogP contribution in [-0.4, -0.2) is 39.7 Å². The highest BCUT2D eigenvalue weighted by Gasteiger charge is 2.14. The number of nitrogens with two attached hydrogens (primary N) is 1. The number of ether oxygens (including phenoxy) is 1. The van der Waals surface area contributed by atoms with Crippen molar-refractivity contribution in [2.24, 2.45) is 0 Å². The Morgan fingerprint density at radius 3 is 2.59 bits per heavy atom. The first-order valence-electron chi connectivity index (χ1n) is 9.46. The van der Waals surface area contributed by atoms with Gasteiger partial charge in [0.05, 0.1) is 12.4 Å². The summed E-state index contributed by atoms with van der Waals surface area (Å²) in [4.78, 5) is 12.2. The van der Waals surface area contributed by atoms with Crippen molar-refractivity contribution in [2.75, 3.05) is 24.7 Å². The number of hydrogen-bond acceptors (Lipinski definition) is 6. The summed E-state index contributed by atoms with van der Waals surface area (Å²) in [5, 5.41) is 11.7. The monoisotopic (exact) mass is 411 g/mol. The molecule has 2 aromatic carbocycles. The molecule has 1 aromatic heterocycles. The van der Waals surface area contributed by atoms with Gasteiger partial charge in [0.1, 0.15) is 5.75 Å². The number of hydrogen-bond donors (Lipinski definition) is 2. The normalized spacial score (nSPS) is 11.8. The summed E-state index contributed by atoms with van der Waals surface area (Å²) in [5.41, 5.74) is 2.03. The van der Waals surface area contributed by atoms with E-state index in [0.29, 0.717) is 24.1 Å². The van der Waals surface area contributed by atoms with E-state index in [0.717, 1.165) is 11.3 Å². The van der Waals surface area contributed by atoms with Crippen LogP contribution in [-0.2, 0) is 4.79 Å². The Labute approximate surface area is 174 Å². The smallest absolute Gasteiger partial charge is 0.230 e. The van der Waals surface area contributed by atoms with Gasteiger partial charge in [0, 0.05) is 12.1 Å². The lowest BCUT2D eigenvalue weighted by atomic mass is 10.0. The minimum absolute atomic E-state index is 0.0663. The predicted molar refractivity (Wildman–Crippen MR) is 115 cm³/mol. The molecule has 3 N–H and O–H groups in total. The van der Waals surface area contributed by atoms with Crippen LogP contribution in [0.1, 0.15) is 25.3 Å². The topological polar surface area (TPSA) is 95.1 Å². The second kappa shape index (κ2) is 9.97. The number of carbonyl (C=O) groups is 1. The minimum Gasteiger partial charge on any atom is -0.494 e. The molecular formula is C21H25N5O2S. The molecule has 1 amide bonds. The van der Waals surface area contributed by atoms with Gasteiger partial charge in [0.15, 0.2) is 5.82 Å². The van der Waals surface area contributed by atoms with Crippen molar-refractivity contribution < 1.29 is 9.53 Å². The Morgan fingerprint density at radius 2 is 1.90 bits per heavy atom. The van der Waals surface area contributed by atoms with E-state index >= 15 is 0 Å². The molecule has 0 saturated heterocycles. The van der Waals surface area contributed by atoms with Crippen LogP contribution in [0.25, 0.3) is 11.4 Å². The number of nitrogens with one attached hydrogen (secondary N) is 1. The zero-order valence-electron chi connectivity index (χ0n) is 16.5. The quantitative estimate of drug-likeness (QED) is 0.415. The molecule has 0 fully saturated rings. The number of aromatic nitrogens is 3. The molecule has 0 aliphatic carbocycles. The van der Waals surface area contributed by atoms with Crippen molar-refractivity contribution in [3.8, 4) is 17.1 Å². The largest absolute Gasteiger partial charge is 0.494 e. The number of rotatable bonds is 9. The SMILES string of the molecule is CCOc1ccc(-c2nnc(SCC(=O)NC[C@@H](C)c3ccccc3)n2N)cc1. The molecule has 0 unspecified atom stereocenters. The Balaban J connectivity index is 1.52. The maximum absolute atomic E-state index is 12.2. The highest BCUT2D eigenvalue weighted by Crippen LogP contribution is 2.23. The minimum atomic E-state index is -0.0663. The molecule has 0 aliphatic heterocycles. The van der Waals surface area contributed by atoms with Crippen LogP contribution >= 0.6 is 11.8 Å². The lowest BCUT2D eigenvalue weighted by Crippen LogP contribution is -2.29. The van der Waals surface area contributed by atoms with Crippen molar-refractivity contribution in [1.82, 2.24) is 20.2 Å². The molecule has 0 aliphatic rings. The second-order valence-corrected chi connectivity index (χ2v) is 7.48. The average molecular weight is 412 g/mol. The summed E-state index contributed by atoms with van der Waals surface area (Å²) in [6.45, 7) is 5.21. The fourth-order valence-electron chi connectivity index (χ4n) is 2.79. The average Bonchev–Trinajstić information content (AvgIpc) is 3.12. The first kappa shape index (κ1) is 20.7. The van der Waals surface area contributed by atoms with Gasteiger partial charge < -0.3 is 15.9 Å². The van der Waals surface area contributed by atoms with Crippen LogP contribution in [0.3, 0.4) is 0 Å². The highest BCUT2D eigenvalue weighted by molar-refractivity contribution is 7.99. The van der Waals surface area contributed by atoms with E-state index in [1.54, 1.807) is 0 Å². The molecule has 0 spiro atoms.